The molecular weight excluding hydrogens is 518 g/mol. The fourth-order valence-corrected chi connectivity index (χ4v) is 5.01. The summed E-state index contributed by atoms with van der Waals surface area (Å²) < 4.78 is 6.12. The van der Waals surface area contributed by atoms with Gasteiger partial charge in [-0.05, 0) is 59.0 Å². The van der Waals surface area contributed by atoms with E-state index < -0.39 is 18.6 Å². The Balaban J connectivity index is 1.43. The molecule has 41 heavy (non-hydrogen) atoms. The average Bonchev–Trinajstić information content (AvgIpc) is 3.45. The molecule has 8 heteroatoms. The third kappa shape index (κ3) is 6.12. The zero-order chi connectivity index (χ0) is 28.8. The van der Waals surface area contributed by atoms with Crippen LogP contribution in [0.4, 0.5) is 5.69 Å². The minimum Gasteiger partial charge on any atom is -0.489 e. The van der Waals surface area contributed by atoms with Crippen molar-refractivity contribution in [3.05, 3.63) is 119 Å². The van der Waals surface area contributed by atoms with Crippen molar-refractivity contribution in [2.75, 3.05) is 18.1 Å². The number of amides is 1. The number of carbonyl (C=O) groups excluding carboxylic acids is 1. The normalized spacial score (nSPS) is 12.8. The highest BCUT2D eigenvalue weighted by Gasteiger charge is 2.28. The molecule has 0 unspecified atom stereocenters. The molecule has 8 nitrogen and oxygen atoms in total. The van der Waals surface area contributed by atoms with E-state index in [-0.39, 0.29) is 19.1 Å². The number of aliphatic hydroxyl groups excluding tert-OH is 1. The van der Waals surface area contributed by atoms with Gasteiger partial charge in [-0.1, -0.05) is 60.7 Å². The highest BCUT2D eigenvalue weighted by molar-refractivity contribution is 6.08. The summed E-state index contributed by atoms with van der Waals surface area (Å²) in [6.45, 7) is 0.236. The molecule has 1 heterocycles. The smallest absolute Gasteiger partial charge is 0.323 e. The molecule has 4 aromatic carbocycles. The summed E-state index contributed by atoms with van der Waals surface area (Å²) in [5, 5.41) is 30.7. The van der Waals surface area contributed by atoms with Crippen molar-refractivity contribution in [3.63, 3.8) is 0 Å². The lowest BCUT2D eigenvalue weighted by Crippen LogP contribution is -2.39. The largest absolute Gasteiger partial charge is 0.489 e. The van der Waals surface area contributed by atoms with Crippen LogP contribution in [0.2, 0.25) is 0 Å². The highest BCUT2D eigenvalue weighted by Crippen LogP contribution is 2.37. The van der Waals surface area contributed by atoms with E-state index in [1.807, 2.05) is 36.4 Å². The molecule has 1 atom stereocenters. The molecule has 206 valence electrons. The van der Waals surface area contributed by atoms with E-state index in [9.17, 15) is 25.1 Å². The first-order valence-electron chi connectivity index (χ1n) is 13.3. The molecule has 1 aliphatic heterocycles. The van der Waals surface area contributed by atoms with Crippen LogP contribution in [0, 0.1) is 11.3 Å². The minimum absolute atomic E-state index is 0.104. The lowest BCUT2D eigenvalue weighted by molar-refractivity contribution is -0.140. The number of carbonyl (C=O) groups is 2. The summed E-state index contributed by atoms with van der Waals surface area (Å²) in [7, 11) is 0. The molecule has 0 saturated carbocycles. The van der Waals surface area contributed by atoms with Crippen LogP contribution in [0.1, 0.15) is 32.6 Å². The maximum atomic E-state index is 13.8. The second kappa shape index (κ2) is 12.5. The number of carboxylic acids is 1. The second-order valence-electron chi connectivity index (χ2n) is 9.75. The first-order chi connectivity index (χ1) is 20.0. The van der Waals surface area contributed by atoms with Crippen molar-refractivity contribution in [2.24, 2.45) is 0 Å². The van der Waals surface area contributed by atoms with Crippen LogP contribution in [0.5, 0.6) is 5.75 Å². The molecule has 1 aliphatic rings. The van der Waals surface area contributed by atoms with Gasteiger partial charge in [0.15, 0.2) is 0 Å². The topological polar surface area (TPSA) is 123 Å². The second-order valence-corrected chi connectivity index (χ2v) is 9.75. The summed E-state index contributed by atoms with van der Waals surface area (Å²) in [5.74, 6) is -0.925. The number of aliphatic hydroxyl groups is 1. The predicted molar refractivity (Wildman–Crippen MR) is 155 cm³/mol. The molecule has 0 radical (unpaired) electrons. The predicted octanol–water partition coefficient (Wildman–Crippen LogP) is 4.54. The number of benzene rings is 4. The van der Waals surface area contributed by atoms with Gasteiger partial charge >= 0.3 is 5.97 Å². The van der Waals surface area contributed by atoms with Crippen molar-refractivity contribution in [2.45, 2.75) is 25.6 Å². The van der Waals surface area contributed by atoms with Crippen LogP contribution in [0.15, 0.2) is 91.0 Å². The maximum absolute atomic E-state index is 13.8. The third-order valence-electron chi connectivity index (χ3n) is 7.14. The fraction of sp³-hybridized carbons (Fsp3) is 0.182. The Hall–Kier alpha value is -4.97. The van der Waals surface area contributed by atoms with E-state index in [0.29, 0.717) is 29.0 Å². The van der Waals surface area contributed by atoms with Gasteiger partial charge in [0.2, 0.25) is 0 Å². The zero-order valence-corrected chi connectivity index (χ0v) is 22.3. The van der Waals surface area contributed by atoms with Gasteiger partial charge in [0.25, 0.3) is 5.91 Å². The summed E-state index contributed by atoms with van der Waals surface area (Å²) in [4.78, 5) is 27.0. The Morgan fingerprint density at radius 3 is 2.56 bits per heavy atom. The quantitative estimate of drug-likeness (QED) is 0.266. The van der Waals surface area contributed by atoms with Crippen molar-refractivity contribution < 1.29 is 24.5 Å². The fourth-order valence-electron chi connectivity index (χ4n) is 5.01. The number of hydrogen-bond acceptors (Lipinski definition) is 6. The van der Waals surface area contributed by atoms with Gasteiger partial charge in [-0.15, -0.1) is 0 Å². The van der Waals surface area contributed by atoms with Crippen LogP contribution < -0.4 is 15.0 Å². The van der Waals surface area contributed by atoms with Gasteiger partial charge in [-0.2, -0.15) is 5.26 Å². The van der Waals surface area contributed by atoms with Gasteiger partial charge < -0.3 is 19.8 Å². The van der Waals surface area contributed by atoms with Gasteiger partial charge in [0.05, 0.1) is 18.2 Å². The van der Waals surface area contributed by atoms with Gasteiger partial charge in [0.1, 0.15) is 18.4 Å². The van der Waals surface area contributed by atoms with E-state index in [1.165, 1.54) is 0 Å². The standard InChI is InChI=1S/C33H29N3O5/c34-18-22-6-4-7-23(16-22)21-41-31-17-25(12-13-26(31)19-35-29(20-37)33(39)40)32(38)36-15-14-28-27(10-5-11-30(28)36)24-8-2-1-3-9-24/h1-13,16-17,29,35,37H,14-15,19-21H2,(H,39,40)/t29-/m1/s1. The minimum atomic E-state index is -1.17. The van der Waals surface area contributed by atoms with Crippen molar-refractivity contribution >= 4 is 17.6 Å². The molecular formula is C33H29N3O5. The van der Waals surface area contributed by atoms with E-state index in [4.69, 9.17) is 4.74 Å². The number of carboxylic acid groups (broad SMARTS) is 1. The van der Waals surface area contributed by atoms with E-state index in [0.717, 1.165) is 34.4 Å². The van der Waals surface area contributed by atoms with Crippen LogP contribution in [0.3, 0.4) is 0 Å². The number of rotatable bonds is 10. The molecule has 0 bridgehead atoms. The Morgan fingerprint density at radius 2 is 1.80 bits per heavy atom. The lowest BCUT2D eigenvalue weighted by atomic mass is 9.98. The Bertz CT molecular complexity index is 1610. The number of nitrogens with one attached hydrogen (secondary N) is 1. The lowest BCUT2D eigenvalue weighted by Gasteiger charge is -2.20. The monoisotopic (exact) mass is 547 g/mol. The Morgan fingerprint density at radius 1 is 1.00 bits per heavy atom. The SMILES string of the molecule is N#Cc1cccc(COc2cc(C(=O)N3CCc4c(-c5ccccc5)cccc43)ccc2CN[C@H](CO)C(=O)O)c1. The molecule has 1 amide bonds. The molecule has 3 N–H and O–H groups in total. The van der Waals surface area contributed by atoms with Crippen molar-refractivity contribution in [3.8, 4) is 22.9 Å². The van der Waals surface area contributed by atoms with Crippen molar-refractivity contribution in [1.29, 1.82) is 5.26 Å². The van der Waals surface area contributed by atoms with Gasteiger partial charge in [-0.3, -0.25) is 14.9 Å². The summed E-state index contributed by atoms with van der Waals surface area (Å²) in [6.07, 6.45) is 0.741. The Labute approximate surface area is 238 Å². The molecule has 0 saturated heterocycles. The molecule has 5 rings (SSSR count). The van der Waals surface area contributed by atoms with Crippen LogP contribution in [-0.2, 0) is 24.4 Å². The average molecular weight is 548 g/mol. The first-order valence-corrected chi connectivity index (χ1v) is 13.3. The Kier molecular flexibility index (Phi) is 8.39. The summed E-state index contributed by atoms with van der Waals surface area (Å²) >= 11 is 0. The van der Waals surface area contributed by atoms with E-state index >= 15 is 0 Å². The number of anilines is 1. The first kappa shape index (κ1) is 27.6. The summed E-state index contributed by atoms with van der Waals surface area (Å²) in [5.41, 5.74) is 6.58. The molecule has 0 aliphatic carbocycles. The number of ether oxygens (including phenoxy) is 1. The number of fused-ring (bicyclic) bond motifs is 1. The van der Waals surface area contributed by atoms with Gasteiger partial charge in [-0.25, -0.2) is 0 Å². The summed E-state index contributed by atoms with van der Waals surface area (Å²) in [6, 6.07) is 29.2. The third-order valence-corrected chi connectivity index (χ3v) is 7.14. The number of nitriles is 1. The maximum Gasteiger partial charge on any atom is 0.323 e. The van der Waals surface area contributed by atoms with Gasteiger partial charge in [0, 0.05) is 29.9 Å². The molecule has 0 aromatic heterocycles. The van der Waals surface area contributed by atoms with Crippen LogP contribution in [0.25, 0.3) is 11.1 Å². The van der Waals surface area contributed by atoms with Crippen LogP contribution in [-0.4, -0.2) is 41.3 Å². The highest BCUT2D eigenvalue weighted by atomic mass is 16.5. The number of hydrogen-bond donors (Lipinski definition) is 3. The number of aliphatic carboxylic acids is 1. The number of nitrogens with zero attached hydrogens (tertiary/aromatic N) is 2. The molecule has 0 spiro atoms. The zero-order valence-electron chi connectivity index (χ0n) is 22.3. The molecule has 4 aromatic rings. The van der Waals surface area contributed by atoms with Crippen LogP contribution >= 0.6 is 0 Å². The van der Waals surface area contributed by atoms with E-state index in [1.54, 1.807) is 41.3 Å². The van der Waals surface area contributed by atoms with Crippen molar-refractivity contribution in [1.82, 2.24) is 5.32 Å². The van der Waals surface area contributed by atoms with E-state index in [2.05, 4.69) is 29.6 Å². The molecule has 0 fully saturated rings.